The van der Waals surface area contributed by atoms with Gasteiger partial charge in [-0.3, -0.25) is 0 Å². The Kier molecular flexibility index (Phi) is 4.78. The molecule has 1 heterocycles. The average Bonchev–Trinajstić information content (AvgIpc) is 2.25. The van der Waals surface area contributed by atoms with E-state index in [2.05, 4.69) is 5.32 Å². The van der Waals surface area contributed by atoms with Crippen LogP contribution in [0.15, 0.2) is 0 Å². The predicted octanol–water partition coefficient (Wildman–Crippen LogP) is 1.68. The number of carboxylic acid groups (broad SMARTS) is 1. The fourth-order valence-electron chi connectivity index (χ4n) is 2.13. The Morgan fingerprint density at radius 3 is 2.47 bits per heavy atom. The number of carboxylic acids is 1. The summed E-state index contributed by atoms with van der Waals surface area (Å²) in [5.41, 5.74) is 0. The minimum atomic E-state index is -0.974. The molecule has 0 aromatic carbocycles. The van der Waals surface area contributed by atoms with E-state index in [4.69, 9.17) is 5.11 Å². The van der Waals surface area contributed by atoms with Crippen LogP contribution in [0.4, 0.5) is 4.79 Å². The molecule has 2 atom stereocenters. The summed E-state index contributed by atoms with van der Waals surface area (Å²) in [6.07, 6.45) is 3.13. The number of carbonyl (C=O) groups excluding carboxylic acids is 1. The van der Waals surface area contributed by atoms with Gasteiger partial charge in [-0.1, -0.05) is 13.8 Å². The van der Waals surface area contributed by atoms with Crippen LogP contribution in [0.25, 0.3) is 0 Å². The van der Waals surface area contributed by atoms with Gasteiger partial charge in [-0.15, -0.1) is 0 Å². The fourth-order valence-corrected chi connectivity index (χ4v) is 2.13. The van der Waals surface area contributed by atoms with Gasteiger partial charge in [0.2, 0.25) is 0 Å². The van der Waals surface area contributed by atoms with Crippen molar-refractivity contribution in [1.82, 2.24) is 10.2 Å². The molecule has 1 aliphatic rings. The molecule has 0 radical (unpaired) electrons. The highest BCUT2D eigenvalue weighted by Gasteiger charge is 2.28. The van der Waals surface area contributed by atoms with E-state index in [1.165, 1.54) is 0 Å². The lowest BCUT2D eigenvalue weighted by molar-refractivity contribution is -0.140. The van der Waals surface area contributed by atoms with Gasteiger partial charge in [0.15, 0.2) is 0 Å². The SMILES string of the molecule is CC(C)[C@H](NC(=O)N1CCCCC1C)C(=O)O. The van der Waals surface area contributed by atoms with Crippen molar-refractivity contribution in [3.05, 3.63) is 0 Å². The van der Waals surface area contributed by atoms with Crippen molar-refractivity contribution in [3.63, 3.8) is 0 Å². The number of likely N-dealkylation sites (tertiary alicyclic amines) is 1. The summed E-state index contributed by atoms with van der Waals surface area (Å²) in [4.78, 5) is 24.7. The normalized spacial score (nSPS) is 22.4. The van der Waals surface area contributed by atoms with Crippen molar-refractivity contribution in [1.29, 1.82) is 0 Å². The molecule has 1 rings (SSSR count). The second-order valence-corrected chi connectivity index (χ2v) is 5.05. The minimum Gasteiger partial charge on any atom is -0.480 e. The van der Waals surface area contributed by atoms with E-state index in [1.54, 1.807) is 18.7 Å². The first kappa shape index (κ1) is 13.8. The Morgan fingerprint density at radius 1 is 1.35 bits per heavy atom. The monoisotopic (exact) mass is 242 g/mol. The molecule has 0 aromatic rings. The number of rotatable bonds is 3. The highest BCUT2D eigenvalue weighted by atomic mass is 16.4. The first-order valence-electron chi connectivity index (χ1n) is 6.23. The Balaban J connectivity index is 2.60. The van der Waals surface area contributed by atoms with Gasteiger partial charge in [0, 0.05) is 12.6 Å². The van der Waals surface area contributed by atoms with Crippen LogP contribution in [-0.4, -0.2) is 40.6 Å². The molecule has 2 amide bonds. The molecule has 2 N–H and O–H groups in total. The Hall–Kier alpha value is -1.26. The molecule has 1 aliphatic heterocycles. The number of piperidine rings is 1. The van der Waals surface area contributed by atoms with Gasteiger partial charge in [0.25, 0.3) is 0 Å². The van der Waals surface area contributed by atoms with E-state index in [0.717, 1.165) is 25.8 Å². The number of aliphatic carboxylic acids is 1. The fraction of sp³-hybridized carbons (Fsp3) is 0.833. The number of urea groups is 1. The Morgan fingerprint density at radius 2 is 2.00 bits per heavy atom. The van der Waals surface area contributed by atoms with Crippen molar-refractivity contribution in [2.75, 3.05) is 6.54 Å². The number of hydrogen-bond donors (Lipinski definition) is 2. The number of hydrogen-bond acceptors (Lipinski definition) is 2. The zero-order valence-corrected chi connectivity index (χ0v) is 10.8. The molecule has 0 bridgehead atoms. The van der Waals surface area contributed by atoms with Crippen molar-refractivity contribution >= 4 is 12.0 Å². The van der Waals surface area contributed by atoms with Crippen LogP contribution in [0.1, 0.15) is 40.0 Å². The highest BCUT2D eigenvalue weighted by Crippen LogP contribution is 2.16. The van der Waals surface area contributed by atoms with Gasteiger partial charge < -0.3 is 15.3 Å². The smallest absolute Gasteiger partial charge is 0.326 e. The van der Waals surface area contributed by atoms with Crippen LogP contribution < -0.4 is 5.32 Å². The Bertz CT molecular complexity index is 291. The molecule has 5 heteroatoms. The predicted molar refractivity (Wildman–Crippen MR) is 64.8 cm³/mol. The maximum atomic E-state index is 12.0. The molecule has 1 saturated heterocycles. The summed E-state index contributed by atoms with van der Waals surface area (Å²) < 4.78 is 0. The van der Waals surface area contributed by atoms with Gasteiger partial charge in [-0.05, 0) is 32.1 Å². The van der Waals surface area contributed by atoms with Crippen molar-refractivity contribution in [2.24, 2.45) is 5.92 Å². The third-order valence-electron chi connectivity index (χ3n) is 3.28. The standard InChI is InChI=1S/C12H22N2O3/c1-8(2)10(11(15)16)13-12(17)14-7-5-4-6-9(14)3/h8-10H,4-7H2,1-3H3,(H,13,17)(H,15,16)/t9?,10-/m0/s1. The van der Waals surface area contributed by atoms with E-state index in [-0.39, 0.29) is 18.0 Å². The van der Waals surface area contributed by atoms with Crippen LogP contribution in [0.5, 0.6) is 0 Å². The molecule has 0 spiro atoms. The molecule has 5 nitrogen and oxygen atoms in total. The zero-order valence-electron chi connectivity index (χ0n) is 10.8. The molecule has 1 fully saturated rings. The van der Waals surface area contributed by atoms with E-state index in [9.17, 15) is 9.59 Å². The number of nitrogens with zero attached hydrogens (tertiary/aromatic N) is 1. The van der Waals surface area contributed by atoms with Crippen LogP contribution in [0.3, 0.4) is 0 Å². The van der Waals surface area contributed by atoms with Gasteiger partial charge in [-0.2, -0.15) is 0 Å². The van der Waals surface area contributed by atoms with Crippen LogP contribution in [-0.2, 0) is 4.79 Å². The number of carbonyl (C=O) groups is 2. The maximum Gasteiger partial charge on any atom is 0.326 e. The highest BCUT2D eigenvalue weighted by molar-refractivity contribution is 5.82. The van der Waals surface area contributed by atoms with Crippen molar-refractivity contribution in [2.45, 2.75) is 52.1 Å². The summed E-state index contributed by atoms with van der Waals surface area (Å²) in [5.74, 6) is -1.09. The third-order valence-corrected chi connectivity index (χ3v) is 3.28. The second-order valence-electron chi connectivity index (χ2n) is 5.05. The summed E-state index contributed by atoms with van der Waals surface area (Å²) in [5, 5.41) is 11.6. The van der Waals surface area contributed by atoms with E-state index in [1.807, 2.05) is 6.92 Å². The second kappa shape index (κ2) is 5.89. The van der Waals surface area contributed by atoms with Gasteiger partial charge in [0.1, 0.15) is 6.04 Å². The third kappa shape index (κ3) is 3.61. The van der Waals surface area contributed by atoms with E-state index < -0.39 is 12.0 Å². The molecule has 1 unspecified atom stereocenters. The van der Waals surface area contributed by atoms with Gasteiger partial charge in [-0.25, -0.2) is 9.59 Å². The van der Waals surface area contributed by atoms with Crippen LogP contribution >= 0.6 is 0 Å². The van der Waals surface area contributed by atoms with Crippen molar-refractivity contribution in [3.8, 4) is 0 Å². The Labute approximate surface area is 102 Å². The quantitative estimate of drug-likeness (QED) is 0.791. The molecule has 17 heavy (non-hydrogen) atoms. The maximum absolute atomic E-state index is 12.0. The van der Waals surface area contributed by atoms with Crippen molar-refractivity contribution < 1.29 is 14.7 Å². The average molecular weight is 242 g/mol. The van der Waals surface area contributed by atoms with Gasteiger partial charge >= 0.3 is 12.0 Å². The lowest BCUT2D eigenvalue weighted by Crippen LogP contribution is -2.53. The topological polar surface area (TPSA) is 69.6 Å². The molecule has 98 valence electrons. The lowest BCUT2D eigenvalue weighted by atomic mass is 10.0. The number of nitrogens with one attached hydrogen (secondary N) is 1. The summed E-state index contributed by atoms with van der Waals surface area (Å²) >= 11 is 0. The molecule has 0 saturated carbocycles. The van der Waals surface area contributed by atoms with E-state index >= 15 is 0 Å². The van der Waals surface area contributed by atoms with Gasteiger partial charge in [0.05, 0.1) is 0 Å². The van der Waals surface area contributed by atoms with E-state index in [0.29, 0.717) is 0 Å². The molecular formula is C12H22N2O3. The molecule has 0 aliphatic carbocycles. The zero-order chi connectivity index (χ0) is 13.0. The molecule has 0 aromatic heterocycles. The summed E-state index contributed by atoms with van der Waals surface area (Å²) in [7, 11) is 0. The summed E-state index contributed by atoms with van der Waals surface area (Å²) in [6, 6.07) is -0.861. The first-order chi connectivity index (χ1) is 7.93. The van der Waals surface area contributed by atoms with Crippen LogP contribution in [0, 0.1) is 5.92 Å². The first-order valence-corrected chi connectivity index (χ1v) is 6.23. The largest absolute Gasteiger partial charge is 0.480 e. The minimum absolute atomic E-state index is 0.114. The lowest BCUT2D eigenvalue weighted by Gasteiger charge is -2.34. The van der Waals surface area contributed by atoms with Crippen LogP contribution in [0.2, 0.25) is 0 Å². The molecular weight excluding hydrogens is 220 g/mol. The summed E-state index contributed by atoms with van der Waals surface area (Å²) in [6.45, 7) is 6.30. The number of amides is 2.